The van der Waals surface area contributed by atoms with Crippen LogP contribution in [-0.2, 0) is 11.3 Å². The van der Waals surface area contributed by atoms with E-state index in [2.05, 4.69) is 11.4 Å². The molecule has 1 atom stereocenters. The first kappa shape index (κ1) is 16.3. The van der Waals surface area contributed by atoms with Crippen LogP contribution in [-0.4, -0.2) is 23.4 Å². The number of rotatable bonds is 4. The van der Waals surface area contributed by atoms with Gasteiger partial charge < -0.3 is 10.2 Å². The third-order valence-corrected chi connectivity index (χ3v) is 4.35. The van der Waals surface area contributed by atoms with E-state index in [0.717, 1.165) is 5.56 Å². The van der Waals surface area contributed by atoms with Gasteiger partial charge >= 0.3 is 0 Å². The number of hydrogen-bond donors (Lipinski definition) is 1. The van der Waals surface area contributed by atoms with E-state index in [1.54, 1.807) is 35.2 Å². The maximum Gasteiger partial charge on any atom is 0.245 e. The molecule has 4 nitrogen and oxygen atoms in total. The van der Waals surface area contributed by atoms with Gasteiger partial charge in [-0.2, -0.15) is 5.26 Å². The number of carbonyl (C=O) groups is 1. The molecule has 1 aliphatic rings. The third kappa shape index (κ3) is 3.34. The summed E-state index contributed by atoms with van der Waals surface area (Å²) < 4.78 is 13.0. The van der Waals surface area contributed by atoms with Crippen molar-refractivity contribution in [3.8, 4) is 6.07 Å². The van der Waals surface area contributed by atoms with Crippen LogP contribution in [0, 0.1) is 17.1 Å². The van der Waals surface area contributed by atoms with Crippen LogP contribution in [0.3, 0.4) is 0 Å². The normalized spacial score (nSPS) is 17.0. The average molecular weight is 344 g/mol. The van der Waals surface area contributed by atoms with E-state index in [9.17, 15) is 14.4 Å². The minimum Gasteiger partial charge on any atom is -0.371 e. The molecule has 24 heavy (non-hydrogen) atoms. The Morgan fingerprint density at radius 3 is 2.75 bits per heavy atom. The summed E-state index contributed by atoms with van der Waals surface area (Å²) in [6, 6.07) is 12.8. The Labute approximate surface area is 144 Å². The second-order valence-corrected chi connectivity index (χ2v) is 6.05. The highest BCUT2D eigenvalue weighted by atomic mass is 35.5. The molecule has 6 heteroatoms. The smallest absolute Gasteiger partial charge is 0.245 e. The molecule has 1 heterocycles. The summed E-state index contributed by atoms with van der Waals surface area (Å²) in [5, 5.41) is 12.7. The number of halogens is 2. The quantitative estimate of drug-likeness (QED) is 0.923. The predicted molar refractivity (Wildman–Crippen MR) is 90.0 cm³/mol. The number of nitriles is 1. The summed E-state index contributed by atoms with van der Waals surface area (Å²) in [5.41, 5.74) is 1.77. The minimum absolute atomic E-state index is 0.0527. The minimum atomic E-state index is -0.419. The molecule has 0 spiro atoms. The molecule has 122 valence electrons. The van der Waals surface area contributed by atoms with Crippen LogP contribution in [0.25, 0.3) is 0 Å². The van der Waals surface area contributed by atoms with Crippen LogP contribution < -0.4 is 5.32 Å². The highest BCUT2D eigenvalue weighted by molar-refractivity contribution is 6.33. The summed E-state index contributed by atoms with van der Waals surface area (Å²) in [7, 11) is 0. The van der Waals surface area contributed by atoms with E-state index in [4.69, 9.17) is 11.6 Å². The summed E-state index contributed by atoms with van der Waals surface area (Å²) in [4.78, 5) is 14.3. The second-order valence-electron chi connectivity index (χ2n) is 5.65. The van der Waals surface area contributed by atoms with Crippen molar-refractivity contribution in [3.05, 3.63) is 64.4 Å². The monoisotopic (exact) mass is 343 g/mol. The summed E-state index contributed by atoms with van der Waals surface area (Å²) >= 11 is 6.14. The first-order chi connectivity index (χ1) is 11.6. The van der Waals surface area contributed by atoms with Gasteiger partial charge in [0.05, 0.1) is 16.3 Å². The highest BCUT2D eigenvalue weighted by Crippen LogP contribution is 2.28. The molecule has 1 saturated heterocycles. The number of benzene rings is 2. The van der Waals surface area contributed by atoms with Crippen molar-refractivity contribution in [1.29, 1.82) is 5.26 Å². The van der Waals surface area contributed by atoms with Gasteiger partial charge in [-0.3, -0.25) is 4.79 Å². The van der Waals surface area contributed by atoms with Crippen LogP contribution in [0.1, 0.15) is 17.5 Å². The predicted octanol–water partition coefficient (Wildman–Crippen LogP) is 3.56. The van der Waals surface area contributed by atoms with Crippen LogP contribution in [0.4, 0.5) is 10.1 Å². The number of amides is 1. The topological polar surface area (TPSA) is 56.1 Å². The van der Waals surface area contributed by atoms with Crippen molar-refractivity contribution < 1.29 is 9.18 Å². The van der Waals surface area contributed by atoms with Crippen LogP contribution in [0.5, 0.6) is 0 Å². The van der Waals surface area contributed by atoms with E-state index in [-0.39, 0.29) is 11.7 Å². The summed E-state index contributed by atoms with van der Waals surface area (Å²) in [6.07, 6.45) is 0.621. The average Bonchev–Trinajstić information content (AvgIpc) is 2.92. The Balaban J connectivity index is 1.71. The molecule has 3 rings (SSSR count). The van der Waals surface area contributed by atoms with Gasteiger partial charge in [0.1, 0.15) is 17.9 Å². The second kappa shape index (κ2) is 6.90. The number of nitrogens with one attached hydrogen (secondary N) is 1. The van der Waals surface area contributed by atoms with Crippen molar-refractivity contribution >= 4 is 23.2 Å². The number of hydrogen-bond acceptors (Lipinski definition) is 3. The molecular weight excluding hydrogens is 329 g/mol. The summed E-state index contributed by atoms with van der Waals surface area (Å²) in [5.74, 6) is -0.350. The van der Waals surface area contributed by atoms with Gasteiger partial charge in [-0.1, -0.05) is 29.8 Å². The fraction of sp³-hybridized carbons (Fsp3) is 0.222. The van der Waals surface area contributed by atoms with Crippen LogP contribution in [0.2, 0.25) is 5.02 Å². The highest BCUT2D eigenvalue weighted by Gasteiger charge is 2.32. The largest absolute Gasteiger partial charge is 0.371 e. The van der Waals surface area contributed by atoms with Crippen molar-refractivity contribution in [1.82, 2.24) is 4.90 Å². The van der Waals surface area contributed by atoms with Gasteiger partial charge in [0.25, 0.3) is 0 Å². The lowest BCUT2D eigenvalue weighted by atomic mass is 10.1. The van der Waals surface area contributed by atoms with E-state index in [1.807, 2.05) is 0 Å². The molecule has 0 bridgehead atoms. The van der Waals surface area contributed by atoms with Gasteiger partial charge in [0.15, 0.2) is 0 Å². The van der Waals surface area contributed by atoms with Crippen molar-refractivity contribution in [3.63, 3.8) is 0 Å². The molecule has 0 radical (unpaired) electrons. The Hall–Kier alpha value is -2.58. The molecule has 1 N–H and O–H groups in total. The van der Waals surface area contributed by atoms with Crippen molar-refractivity contribution in [2.45, 2.75) is 19.0 Å². The molecule has 0 aromatic heterocycles. The number of likely N-dealkylation sites (tertiary alicyclic amines) is 1. The summed E-state index contributed by atoms with van der Waals surface area (Å²) in [6.45, 7) is 1.03. The Morgan fingerprint density at radius 2 is 2.04 bits per heavy atom. The zero-order chi connectivity index (χ0) is 17.1. The van der Waals surface area contributed by atoms with E-state index < -0.39 is 6.04 Å². The van der Waals surface area contributed by atoms with E-state index in [0.29, 0.717) is 35.8 Å². The molecule has 1 fully saturated rings. The lowest BCUT2D eigenvalue weighted by Gasteiger charge is -2.18. The first-order valence-corrected chi connectivity index (χ1v) is 7.94. The van der Waals surface area contributed by atoms with Crippen molar-refractivity contribution in [2.75, 3.05) is 11.9 Å². The molecular formula is C18H15ClFN3O. The van der Waals surface area contributed by atoms with Crippen LogP contribution >= 0.6 is 11.6 Å². The maximum absolute atomic E-state index is 13.0. The van der Waals surface area contributed by atoms with Gasteiger partial charge in [0, 0.05) is 13.1 Å². The van der Waals surface area contributed by atoms with Gasteiger partial charge in [0.2, 0.25) is 5.91 Å². The Morgan fingerprint density at radius 1 is 1.29 bits per heavy atom. The van der Waals surface area contributed by atoms with Gasteiger partial charge in [-0.05, 0) is 36.2 Å². The lowest BCUT2D eigenvalue weighted by molar-refractivity contribution is -0.128. The Bertz CT molecular complexity index is 801. The fourth-order valence-corrected chi connectivity index (χ4v) is 3.01. The molecule has 2 aromatic rings. The van der Waals surface area contributed by atoms with E-state index >= 15 is 0 Å². The molecule has 2 aromatic carbocycles. The van der Waals surface area contributed by atoms with Crippen molar-refractivity contribution in [2.24, 2.45) is 0 Å². The zero-order valence-corrected chi connectivity index (χ0v) is 13.6. The number of carbonyl (C=O) groups excluding carboxylic acids is 1. The van der Waals surface area contributed by atoms with Gasteiger partial charge in [-0.25, -0.2) is 4.39 Å². The first-order valence-electron chi connectivity index (χ1n) is 7.57. The standard InChI is InChI=1S/C18H15ClFN3O/c19-15-3-1-2-13(10-21)17(15)22-16-8-9-23(18(16)24)11-12-4-6-14(20)7-5-12/h1-7,16,22H,8-9,11H2. The molecule has 1 unspecified atom stereocenters. The molecule has 1 aliphatic heterocycles. The number of para-hydroxylation sites is 1. The maximum atomic E-state index is 13.0. The third-order valence-electron chi connectivity index (χ3n) is 4.04. The molecule has 1 amide bonds. The molecule has 0 aliphatic carbocycles. The number of anilines is 1. The SMILES string of the molecule is N#Cc1cccc(Cl)c1NC1CCN(Cc2ccc(F)cc2)C1=O. The van der Waals surface area contributed by atoms with Crippen LogP contribution in [0.15, 0.2) is 42.5 Å². The zero-order valence-electron chi connectivity index (χ0n) is 12.8. The number of nitrogens with zero attached hydrogens (tertiary/aromatic N) is 2. The lowest BCUT2D eigenvalue weighted by Crippen LogP contribution is -2.33. The van der Waals surface area contributed by atoms with Gasteiger partial charge in [-0.15, -0.1) is 0 Å². The van der Waals surface area contributed by atoms with E-state index in [1.165, 1.54) is 12.1 Å². The molecule has 0 saturated carbocycles. The Kier molecular flexibility index (Phi) is 4.68. The fourth-order valence-electron chi connectivity index (χ4n) is 2.78.